The number of aromatic nitrogens is 1. The molecule has 0 radical (unpaired) electrons. The summed E-state index contributed by atoms with van der Waals surface area (Å²) < 4.78 is 26.4. The van der Waals surface area contributed by atoms with E-state index in [0.717, 1.165) is 12.8 Å². The van der Waals surface area contributed by atoms with Crippen LogP contribution in [-0.2, 0) is 10.0 Å². The lowest BCUT2D eigenvalue weighted by atomic mass is 10.2. The molecule has 0 unspecified atom stereocenters. The third-order valence-electron chi connectivity index (χ3n) is 3.67. The van der Waals surface area contributed by atoms with Gasteiger partial charge in [-0.25, -0.2) is 13.4 Å². The van der Waals surface area contributed by atoms with Crippen LogP contribution in [0.25, 0.3) is 0 Å². The van der Waals surface area contributed by atoms with Crippen LogP contribution in [-0.4, -0.2) is 35.3 Å². The monoisotopic (exact) mass is 363 g/mol. The molecule has 1 aromatic heterocycles. The Morgan fingerprint density at radius 2 is 1.92 bits per heavy atom. The fourth-order valence-corrected chi connectivity index (χ4v) is 3.70. The molecular weight excluding hydrogens is 346 g/mol. The largest absolute Gasteiger partial charge is 0.504 e. The van der Waals surface area contributed by atoms with Crippen LogP contribution >= 0.6 is 0 Å². The molecule has 9 heteroatoms. The highest BCUT2D eigenvalue weighted by molar-refractivity contribution is 7.92. The van der Waals surface area contributed by atoms with Gasteiger partial charge in [-0.3, -0.25) is 9.52 Å². The van der Waals surface area contributed by atoms with Crippen molar-refractivity contribution in [1.29, 1.82) is 0 Å². The van der Waals surface area contributed by atoms with E-state index >= 15 is 0 Å². The summed E-state index contributed by atoms with van der Waals surface area (Å²) >= 11 is 0. The van der Waals surface area contributed by atoms with Gasteiger partial charge in [-0.1, -0.05) is 0 Å². The van der Waals surface area contributed by atoms with Crippen molar-refractivity contribution >= 4 is 27.4 Å². The molecule has 1 saturated carbocycles. The zero-order chi connectivity index (χ0) is 18.0. The molecule has 2 aromatic rings. The number of carbonyl (C=O) groups is 1. The average Bonchev–Trinajstić information content (AvgIpc) is 3.34. The van der Waals surface area contributed by atoms with Gasteiger partial charge in [-0.05, 0) is 43.0 Å². The molecule has 8 nitrogen and oxygen atoms in total. The Kier molecular flexibility index (Phi) is 4.49. The number of rotatable bonds is 6. The minimum atomic E-state index is -3.49. The van der Waals surface area contributed by atoms with Gasteiger partial charge in [0.25, 0.3) is 5.91 Å². The third-order valence-corrected chi connectivity index (χ3v) is 5.10. The zero-order valence-corrected chi connectivity index (χ0v) is 14.0. The highest BCUT2D eigenvalue weighted by Crippen LogP contribution is 2.30. The number of amides is 1. The second kappa shape index (κ2) is 6.60. The molecule has 1 amide bonds. The molecule has 0 spiro atoms. The number of nitrogens with one attached hydrogen (secondary N) is 2. The minimum Gasteiger partial charge on any atom is -0.504 e. The first-order chi connectivity index (χ1) is 11.8. The van der Waals surface area contributed by atoms with Crippen molar-refractivity contribution in [1.82, 2.24) is 4.98 Å². The Labute approximate surface area is 144 Å². The highest BCUT2D eigenvalue weighted by atomic mass is 32.2. The van der Waals surface area contributed by atoms with Gasteiger partial charge < -0.3 is 15.5 Å². The van der Waals surface area contributed by atoms with E-state index in [-0.39, 0.29) is 40.2 Å². The lowest BCUT2D eigenvalue weighted by Gasteiger charge is -2.09. The Bertz CT molecular complexity index is 910. The van der Waals surface area contributed by atoms with Crippen LogP contribution in [0.4, 0.5) is 11.5 Å². The van der Waals surface area contributed by atoms with E-state index in [1.807, 2.05) is 0 Å². The van der Waals surface area contributed by atoms with Crippen molar-refractivity contribution in [3.05, 3.63) is 42.1 Å². The number of carbonyl (C=O) groups excluding carboxylic acids is 1. The Morgan fingerprint density at radius 1 is 1.16 bits per heavy atom. The van der Waals surface area contributed by atoms with Gasteiger partial charge in [-0.15, -0.1) is 0 Å². The molecule has 0 aliphatic heterocycles. The zero-order valence-electron chi connectivity index (χ0n) is 13.1. The maximum atomic E-state index is 12.3. The Hall–Kier alpha value is -2.81. The number of hydrogen-bond acceptors (Lipinski definition) is 6. The molecule has 1 aromatic carbocycles. The SMILES string of the molecule is O=C(Nc1ccc(O)c(O)c1)c1ccnc(NS(=O)(=O)CC2CC2)c1. The number of nitrogens with zero attached hydrogens (tertiary/aromatic N) is 1. The van der Waals surface area contributed by atoms with E-state index in [4.69, 9.17) is 0 Å². The van der Waals surface area contributed by atoms with Crippen molar-refractivity contribution < 1.29 is 23.4 Å². The molecule has 0 bridgehead atoms. The van der Waals surface area contributed by atoms with Crippen LogP contribution in [0.3, 0.4) is 0 Å². The van der Waals surface area contributed by atoms with E-state index in [1.54, 1.807) is 0 Å². The van der Waals surface area contributed by atoms with Gasteiger partial charge in [0.1, 0.15) is 5.82 Å². The van der Waals surface area contributed by atoms with Crippen LogP contribution in [0.2, 0.25) is 0 Å². The maximum absolute atomic E-state index is 12.3. The first-order valence-electron chi connectivity index (χ1n) is 7.62. The van der Waals surface area contributed by atoms with Gasteiger partial charge in [0.15, 0.2) is 11.5 Å². The van der Waals surface area contributed by atoms with Gasteiger partial charge in [0.05, 0.1) is 5.75 Å². The third kappa shape index (κ3) is 4.60. The highest BCUT2D eigenvalue weighted by Gasteiger charge is 2.28. The molecule has 3 rings (SSSR count). The summed E-state index contributed by atoms with van der Waals surface area (Å²) in [6, 6.07) is 6.64. The summed E-state index contributed by atoms with van der Waals surface area (Å²) in [5.41, 5.74) is 0.486. The predicted molar refractivity (Wildman–Crippen MR) is 92.1 cm³/mol. The second-order valence-electron chi connectivity index (χ2n) is 5.91. The summed E-state index contributed by atoms with van der Waals surface area (Å²) in [5.74, 6) is -0.837. The van der Waals surface area contributed by atoms with E-state index < -0.39 is 15.9 Å². The standard InChI is InChI=1S/C16H17N3O5S/c20-13-4-3-12(8-14(13)21)18-16(22)11-5-6-17-15(7-11)19-25(23,24)9-10-1-2-10/h3-8,10,20-21H,1-2,9H2,(H,17,19)(H,18,22). The smallest absolute Gasteiger partial charge is 0.255 e. The van der Waals surface area contributed by atoms with Crippen molar-refractivity contribution in [2.75, 3.05) is 15.8 Å². The molecule has 1 aliphatic rings. The number of anilines is 2. The number of aromatic hydroxyl groups is 2. The number of phenolic OH excluding ortho intramolecular Hbond substituents is 2. The van der Waals surface area contributed by atoms with Crippen LogP contribution in [0.5, 0.6) is 11.5 Å². The fraction of sp³-hybridized carbons (Fsp3) is 0.250. The van der Waals surface area contributed by atoms with Gasteiger partial charge in [0.2, 0.25) is 10.0 Å². The lowest BCUT2D eigenvalue weighted by Crippen LogP contribution is -2.19. The second-order valence-corrected chi connectivity index (χ2v) is 7.68. The number of benzene rings is 1. The van der Waals surface area contributed by atoms with Gasteiger partial charge in [0, 0.05) is 23.5 Å². The quantitative estimate of drug-likeness (QED) is 0.458. The van der Waals surface area contributed by atoms with E-state index in [1.165, 1.54) is 36.5 Å². The predicted octanol–water partition coefficient (Wildman–Crippen LogP) is 1.90. The van der Waals surface area contributed by atoms with Crippen LogP contribution in [0.1, 0.15) is 23.2 Å². The summed E-state index contributed by atoms with van der Waals surface area (Å²) in [7, 11) is -3.49. The van der Waals surface area contributed by atoms with Crippen molar-refractivity contribution in [2.24, 2.45) is 5.92 Å². The molecule has 1 aliphatic carbocycles. The van der Waals surface area contributed by atoms with Crippen LogP contribution < -0.4 is 10.0 Å². The average molecular weight is 363 g/mol. The van der Waals surface area contributed by atoms with Crippen molar-refractivity contribution in [3.8, 4) is 11.5 Å². The fourth-order valence-electron chi connectivity index (χ4n) is 2.23. The first kappa shape index (κ1) is 17.0. The van der Waals surface area contributed by atoms with Crippen molar-refractivity contribution in [3.63, 3.8) is 0 Å². The van der Waals surface area contributed by atoms with Crippen LogP contribution in [0.15, 0.2) is 36.5 Å². The first-order valence-corrected chi connectivity index (χ1v) is 9.27. The maximum Gasteiger partial charge on any atom is 0.255 e. The minimum absolute atomic E-state index is 0.0535. The number of phenols is 2. The Balaban J connectivity index is 1.71. The van der Waals surface area contributed by atoms with E-state index in [9.17, 15) is 23.4 Å². The number of hydrogen-bond donors (Lipinski definition) is 4. The Morgan fingerprint density at radius 3 is 2.60 bits per heavy atom. The molecule has 0 saturated heterocycles. The molecule has 1 heterocycles. The normalized spacial score (nSPS) is 14.1. The lowest BCUT2D eigenvalue weighted by molar-refractivity contribution is 0.102. The van der Waals surface area contributed by atoms with E-state index in [0.29, 0.717) is 0 Å². The van der Waals surface area contributed by atoms with Crippen molar-refractivity contribution in [2.45, 2.75) is 12.8 Å². The molecule has 25 heavy (non-hydrogen) atoms. The summed E-state index contributed by atoms with van der Waals surface area (Å²) in [6.07, 6.45) is 3.16. The summed E-state index contributed by atoms with van der Waals surface area (Å²) in [4.78, 5) is 16.2. The molecule has 1 fully saturated rings. The number of sulfonamides is 1. The molecular formula is C16H17N3O5S. The van der Waals surface area contributed by atoms with Gasteiger partial charge in [-0.2, -0.15) is 0 Å². The molecule has 4 N–H and O–H groups in total. The molecule has 0 atom stereocenters. The topological polar surface area (TPSA) is 129 Å². The number of pyridine rings is 1. The van der Waals surface area contributed by atoms with E-state index in [2.05, 4.69) is 15.0 Å². The molecule has 132 valence electrons. The van der Waals surface area contributed by atoms with Gasteiger partial charge >= 0.3 is 0 Å². The summed E-state index contributed by atoms with van der Waals surface area (Å²) in [6.45, 7) is 0. The summed E-state index contributed by atoms with van der Waals surface area (Å²) in [5, 5.41) is 21.3. The van der Waals surface area contributed by atoms with Crippen LogP contribution in [0, 0.1) is 5.92 Å².